The van der Waals surface area contributed by atoms with Crippen LogP contribution >= 0.6 is 11.3 Å². The molecular weight excluding hydrogens is 536 g/mol. The molecule has 2 N–H and O–H groups in total. The molecule has 0 radical (unpaired) electrons. The summed E-state index contributed by atoms with van der Waals surface area (Å²) in [6.45, 7) is 6.68. The minimum absolute atomic E-state index is 0.190. The molecule has 0 aliphatic carbocycles. The van der Waals surface area contributed by atoms with E-state index in [0.29, 0.717) is 30.2 Å². The summed E-state index contributed by atoms with van der Waals surface area (Å²) in [7, 11) is -2.25. The van der Waals surface area contributed by atoms with Gasteiger partial charge in [-0.2, -0.15) is 0 Å². The molecular formula is C28H34N4O5S2. The minimum Gasteiger partial charge on any atom is -0.444 e. The molecule has 2 aromatic carbocycles. The van der Waals surface area contributed by atoms with Gasteiger partial charge in [0.05, 0.1) is 5.69 Å². The Hall–Kier alpha value is -3.57. The van der Waals surface area contributed by atoms with Crippen molar-refractivity contribution in [3.05, 3.63) is 71.6 Å². The van der Waals surface area contributed by atoms with Crippen LogP contribution in [0.3, 0.4) is 0 Å². The number of rotatable bonds is 6. The van der Waals surface area contributed by atoms with Crippen LogP contribution in [0.5, 0.6) is 0 Å². The van der Waals surface area contributed by atoms with Crippen LogP contribution in [0.1, 0.15) is 44.4 Å². The van der Waals surface area contributed by atoms with Crippen LogP contribution in [0.15, 0.2) is 70.9 Å². The van der Waals surface area contributed by atoms with Crippen molar-refractivity contribution in [2.75, 3.05) is 35.1 Å². The highest BCUT2D eigenvalue weighted by Crippen LogP contribution is 2.36. The molecule has 0 atom stereocenters. The molecule has 0 saturated carbocycles. The van der Waals surface area contributed by atoms with Gasteiger partial charge in [0.25, 0.3) is 10.0 Å². The topological polar surface area (TPSA) is 108 Å². The third-order valence-corrected chi connectivity index (χ3v) is 9.79. The molecule has 0 spiro atoms. The fourth-order valence-corrected chi connectivity index (χ4v) is 7.07. The third kappa shape index (κ3) is 7.30. The lowest BCUT2D eigenvalue weighted by molar-refractivity contribution is 0.0205. The van der Waals surface area contributed by atoms with Crippen molar-refractivity contribution in [1.29, 1.82) is 0 Å². The second-order valence-electron chi connectivity index (χ2n) is 10.4. The fraction of sp³-hybridized carbons (Fsp3) is 0.357. The average molecular weight is 571 g/mol. The van der Waals surface area contributed by atoms with E-state index in [9.17, 15) is 18.0 Å². The second-order valence-corrected chi connectivity index (χ2v) is 13.7. The summed E-state index contributed by atoms with van der Waals surface area (Å²) in [5, 5.41) is 5.48. The number of hydrogen-bond acceptors (Lipinski definition) is 6. The number of carbonyl (C=O) groups is 2. The summed E-state index contributed by atoms with van der Waals surface area (Å²) < 4.78 is 33.7. The zero-order chi connectivity index (χ0) is 28.2. The molecule has 1 aliphatic rings. The van der Waals surface area contributed by atoms with Crippen molar-refractivity contribution in [3.63, 3.8) is 0 Å². The molecule has 0 bridgehead atoms. The van der Waals surface area contributed by atoms with Crippen LogP contribution in [-0.4, -0.2) is 51.2 Å². The van der Waals surface area contributed by atoms with E-state index in [1.807, 2.05) is 45.0 Å². The molecule has 1 aliphatic heterocycles. The van der Waals surface area contributed by atoms with E-state index in [1.165, 1.54) is 22.7 Å². The molecule has 9 nitrogen and oxygen atoms in total. The number of carbonyl (C=O) groups excluding carboxylic acids is 2. The lowest BCUT2D eigenvalue weighted by Crippen LogP contribution is -2.41. The van der Waals surface area contributed by atoms with Gasteiger partial charge in [0.1, 0.15) is 9.81 Å². The maximum absolute atomic E-state index is 13.4. The quantitative estimate of drug-likeness (QED) is 0.360. The van der Waals surface area contributed by atoms with E-state index in [4.69, 9.17) is 4.74 Å². The molecule has 0 unspecified atom stereocenters. The van der Waals surface area contributed by atoms with Gasteiger partial charge in [0.2, 0.25) is 0 Å². The van der Waals surface area contributed by atoms with E-state index >= 15 is 0 Å². The lowest BCUT2D eigenvalue weighted by atomic mass is 9.95. The van der Waals surface area contributed by atoms with Crippen molar-refractivity contribution >= 4 is 50.5 Å². The van der Waals surface area contributed by atoms with E-state index in [-0.39, 0.29) is 16.2 Å². The highest BCUT2D eigenvalue weighted by Gasteiger charge is 2.30. The molecule has 1 saturated heterocycles. The van der Waals surface area contributed by atoms with Crippen molar-refractivity contribution in [1.82, 2.24) is 4.90 Å². The maximum atomic E-state index is 13.4. The lowest BCUT2D eigenvalue weighted by Gasteiger charge is -2.33. The SMILES string of the molecule is CN(c1ccc(NC(=O)Nc2ccccc2)cc1)S(=O)(=O)c1ccc(C2CCN(C(=O)OC(C)(C)C)CC2)s1. The number of hydrogen-bond donors (Lipinski definition) is 2. The Morgan fingerprint density at radius 3 is 2.10 bits per heavy atom. The normalized spacial score (nSPS) is 14.5. The minimum atomic E-state index is -3.76. The highest BCUT2D eigenvalue weighted by molar-refractivity contribution is 7.94. The number of likely N-dealkylation sites (tertiary alicyclic amines) is 1. The van der Waals surface area contributed by atoms with Crippen LogP contribution in [0, 0.1) is 0 Å². The molecule has 1 aromatic heterocycles. The number of sulfonamides is 1. The molecule has 3 amide bonds. The predicted molar refractivity (Wildman–Crippen MR) is 155 cm³/mol. The predicted octanol–water partition coefficient (Wildman–Crippen LogP) is 6.33. The largest absolute Gasteiger partial charge is 0.444 e. The third-order valence-electron chi connectivity index (χ3n) is 6.29. The summed E-state index contributed by atoms with van der Waals surface area (Å²) in [6, 6.07) is 18.8. The maximum Gasteiger partial charge on any atom is 0.410 e. The molecule has 3 aromatic rings. The zero-order valence-corrected chi connectivity index (χ0v) is 24.1. The standard InChI is InChI=1S/C28H34N4O5S2/c1-28(2,3)37-27(34)32-18-16-20(17-19-32)24-14-15-25(38-24)39(35,36)31(4)23-12-10-22(11-13-23)30-26(33)29-21-8-6-5-7-9-21/h5-15,20H,16-19H2,1-4H3,(H2,29,30,33). The smallest absolute Gasteiger partial charge is 0.410 e. The molecule has 2 heterocycles. The Labute approximate surface area is 233 Å². The molecule has 208 valence electrons. The Morgan fingerprint density at radius 2 is 1.51 bits per heavy atom. The summed E-state index contributed by atoms with van der Waals surface area (Å²) in [6.07, 6.45) is 1.19. The number of ether oxygens (including phenoxy) is 1. The molecule has 1 fully saturated rings. The van der Waals surface area contributed by atoms with Gasteiger partial charge in [0.15, 0.2) is 0 Å². The number of urea groups is 1. The summed E-state index contributed by atoms with van der Waals surface area (Å²) in [5.74, 6) is 0.190. The van der Waals surface area contributed by atoms with Gasteiger partial charge in [-0.15, -0.1) is 11.3 Å². The first kappa shape index (κ1) is 28.4. The van der Waals surface area contributed by atoms with Crippen molar-refractivity contribution in [2.24, 2.45) is 0 Å². The van der Waals surface area contributed by atoms with E-state index < -0.39 is 21.7 Å². The number of anilines is 3. The van der Waals surface area contributed by atoms with Crippen LogP contribution in [0.2, 0.25) is 0 Å². The average Bonchev–Trinajstić information content (AvgIpc) is 3.40. The number of piperidine rings is 1. The van der Waals surface area contributed by atoms with E-state index in [0.717, 1.165) is 17.7 Å². The van der Waals surface area contributed by atoms with Crippen LogP contribution < -0.4 is 14.9 Å². The summed E-state index contributed by atoms with van der Waals surface area (Å²) in [5.41, 5.74) is 1.14. The Bertz CT molecular complexity index is 1390. The second kappa shape index (κ2) is 11.7. The van der Waals surface area contributed by atoms with Gasteiger partial charge in [-0.1, -0.05) is 18.2 Å². The number of nitrogens with one attached hydrogen (secondary N) is 2. The Balaban J connectivity index is 1.35. The summed E-state index contributed by atoms with van der Waals surface area (Å²) in [4.78, 5) is 27.3. The van der Waals surface area contributed by atoms with Gasteiger partial charge < -0.3 is 20.3 Å². The van der Waals surface area contributed by atoms with Gasteiger partial charge >= 0.3 is 12.1 Å². The van der Waals surface area contributed by atoms with Crippen LogP contribution in [0.25, 0.3) is 0 Å². The van der Waals surface area contributed by atoms with Gasteiger partial charge in [-0.25, -0.2) is 18.0 Å². The first-order valence-electron chi connectivity index (χ1n) is 12.7. The number of para-hydroxylation sites is 1. The fourth-order valence-electron chi connectivity index (χ4n) is 4.21. The monoisotopic (exact) mass is 570 g/mol. The highest BCUT2D eigenvalue weighted by atomic mass is 32.2. The molecule has 39 heavy (non-hydrogen) atoms. The number of benzene rings is 2. The van der Waals surface area contributed by atoms with Crippen LogP contribution in [0.4, 0.5) is 26.7 Å². The first-order valence-corrected chi connectivity index (χ1v) is 15.0. The van der Waals surface area contributed by atoms with Crippen molar-refractivity contribution < 1.29 is 22.7 Å². The van der Waals surface area contributed by atoms with E-state index in [1.54, 1.807) is 47.4 Å². The summed E-state index contributed by atoms with van der Waals surface area (Å²) >= 11 is 1.27. The zero-order valence-electron chi connectivity index (χ0n) is 22.5. The molecule has 11 heteroatoms. The Kier molecular flexibility index (Phi) is 8.51. The van der Waals surface area contributed by atoms with Gasteiger partial charge in [0, 0.05) is 36.4 Å². The Morgan fingerprint density at radius 1 is 0.923 bits per heavy atom. The van der Waals surface area contributed by atoms with E-state index in [2.05, 4.69) is 10.6 Å². The van der Waals surface area contributed by atoms with Gasteiger partial charge in [-0.3, -0.25) is 4.31 Å². The van der Waals surface area contributed by atoms with Crippen molar-refractivity contribution in [3.8, 4) is 0 Å². The first-order chi connectivity index (χ1) is 18.4. The number of nitrogens with zero attached hydrogens (tertiary/aromatic N) is 2. The van der Waals surface area contributed by atoms with Gasteiger partial charge in [-0.05, 0) is 88.1 Å². The molecule has 4 rings (SSSR count). The van der Waals surface area contributed by atoms with Crippen LogP contribution in [-0.2, 0) is 14.8 Å². The number of amides is 3. The van der Waals surface area contributed by atoms with Crippen molar-refractivity contribution in [2.45, 2.75) is 49.3 Å². The number of thiophene rings is 1.